The molecule has 1 aliphatic heterocycles. The second-order valence-electron chi connectivity index (χ2n) is 3.36. The molecular formula is C11H16IN. The van der Waals surface area contributed by atoms with Gasteiger partial charge >= 0.3 is 0 Å². The molecule has 0 unspecified atom stereocenters. The molecule has 0 atom stereocenters. The third-order valence-electron chi connectivity index (χ3n) is 2.09. The Hall–Kier alpha value is -0.250. The van der Waals surface area contributed by atoms with Crippen LogP contribution in [0.1, 0.15) is 26.7 Å². The van der Waals surface area contributed by atoms with Crippen LogP contribution >= 0.6 is 22.6 Å². The summed E-state index contributed by atoms with van der Waals surface area (Å²) in [5.74, 6) is 0. The van der Waals surface area contributed by atoms with Crippen LogP contribution in [0, 0.1) is 0 Å². The Morgan fingerprint density at radius 3 is 2.85 bits per heavy atom. The highest BCUT2D eigenvalue weighted by Crippen LogP contribution is 2.27. The summed E-state index contributed by atoms with van der Waals surface area (Å²) in [5.41, 5.74) is 2.45. The van der Waals surface area contributed by atoms with Crippen LogP contribution in [0.25, 0.3) is 0 Å². The Labute approximate surface area is 94.3 Å². The molecule has 0 saturated carbocycles. The third kappa shape index (κ3) is 2.86. The Bertz CT molecular complexity index is 263. The molecule has 1 rings (SSSR count). The summed E-state index contributed by atoms with van der Waals surface area (Å²) in [7, 11) is 0. The van der Waals surface area contributed by atoms with E-state index in [-0.39, 0.29) is 0 Å². The molecule has 0 aliphatic carbocycles. The first-order valence-corrected chi connectivity index (χ1v) is 5.74. The van der Waals surface area contributed by atoms with Crippen molar-refractivity contribution in [2.24, 2.45) is 0 Å². The number of nitrogens with zero attached hydrogens (tertiary/aromatic N) is 1. The predicted molar refractivity (Wildman–Crippen MR) is 66.6 cm³/mol. The van der Waals surface area contributed by atoms with Crippen LogP contribution in [0.15, 0.2) is 33.7 Å². The lowest BCUT2D eigenvalue weighted by Crippen LogP contribution is -2.20. The van der Waals surface area contributed by atoms with Gasteiger partial charge in [0.25, 0.3) is 0 Å². The monoisotopic (exact) mass is 289 g/mol. The smallest absolute Gasteiger partial charge is 0.0468 e. The highest BCUT2D eigenvalue weighted by atomic mass is 127. The first-order valence-electron chi connectivity index (χ1n) is 4.66. The van der Waals surface area contributed by atoms with E-state index in [1.807, 2.05) is 0 Å². The van der Waals surface area contributed by atoms with Gasteiger partial charge in [0.2, 0.25) is 0 Å². The zero-order valence-corrected chi connectivity index (χ0v) is 10.5. The lowest BCUT2D eigenvalue weighted by molar-refractivity contribution is 0.456. The van der Waals surface area contributed by atoms with Crippen molar-refractivity contribution in [3.8, 4) is 0 Å². The summed E-state index contributed by atoms with van der Waals surface area (Å²) < 4.78 is 1.26. The largest absolute Gasteiger partial charge is 0.347 e. The van der Waals surface area contributed by atoms with Gasteiger partial charge in [-0.05, 0) is 47.6 Å². The summed E-state index contributed by atoms with van der Waals surface area (Å²) in [6.07, 6.45) is 6.81. The molecular weight excluding hydrogens is 273 g/mol. The van der Waals surface area contributed by atoms with Crippen molar-refractivity contribution in [3.05, 3.63) is 33.7 Å². The molecule has 0 amide bonds. The molecule has 0 bridgehead atoms. The molecule has 0 radical (unpaired) electrons. The van der Waals surface area contributed by atoms with E-state index in [1.165, 1.54) is 22.0 Å². The highest BCUT2D eigenvalue weighted by Gasteiger charge is 2.11. The molecule has 13 heavy (non-hydrogen) atoms. The minimum Gasteiger partial charge on any atom is -0.347 e. The number of allylic oxidation sites excluding steroid dienone is 3. The molecule has 0 fully saturated rings. The molecule has 0 aromatic rings. The van der Waals surface area contributed by atoms with Crippen molar-refractivity contribution in [3.63, 3.8) is 0 Å². The van der Waals surface area contributed by atoms with Crippen molar-refractivity contribution in [2.45, 2.75) is 26.7 Å². The van der Waals surface area contributed by atoms with Crippen LogP contribution < -0.4 is 0 Å². The van der Waals surface area contributed by atoms with Gasteiger partial charge in [-0.15, -0.1) is 0 Å². The third-order valence-corrected chi connectivity index (χ3v) is 3.02. The average molecular weight is 289 g/mol. The molecule has 0 N–H and O–H groups in total. The van der Waals surface area contributed by atoms with Gasteiger partial charge in [-0.3, -0.25) is 0 Å². The fourth-order valence-corrected chi connectivity index (χ4v) is 2.11. The predicted octanol–water partition coefficient (Wildman–Crippen LogP) is 3.84. The van der Waals surface area contributed by atoms with Crippen molar-refractivity contribution < 1.29 is 0 Å². The van der Waals surface area contributed by atoms with E-state index in [4.69, 9.17) is 0 Å². The number of hydrogen-bond acceptors (Lipinski definition) is 1. The van der Waals surface area contributed by atoms with Crippen LogP contribution in [0.2, 0.25) is 0 Å². The van der Waals surface area contributed by atoms with E-state index in [1.54, 1.807) is 0 Å². The standard InChI is InChI=1S/C11H16IN/c1-4-5-6-13-8-9(2)7-11(12)10(13)3/h7-8H,3-6H2,1-2H3. The first kappa shape index (κ1) is 10.8. The second-order valence-corrected chi connectivity index (χ2v) is 4.52. The fraction of sp³-hybridized carbons (Fsp3) is 0.455. The normalized spacial score (nSPS) is 17.2. The number of hydrogen-bond donors (Lipinski definition) is 0. The van der Waals surface area contributed by atoms with Crippen LogP contribution in [-0.4, -0.2) is 11.4 Å². The lowest BCUT2D eigenvalue weighted by atomic mass is 10.2. The van der Waals surface area contributed by atoms with Gasteiger partial charge in [0.05, 0.1) is 0 Å². The molecule has 0 spiro atoms. The van der Waals surface area contributed by atoms with Crippen LogP contribution in [0.3, 0.4) is 0 Å². The molecule has 1 nitrogen and oxygen atoms in total. The summed E-state index contributed by atoms with van der Waals surface area (Å²) in [5, 5.41) is 0. The van der Waals surface area contributed by atoms with E-state index in [9.17, 15) is 0 Å². The van der Waals surface area contributed by atoms with Crippen molar-refractivity contribution in [1.82, 2.24) is 4.90 Å². The first-order chi connectivity index (χ1) is 6.15. The molecule has 1 heterocycles. The molecule has 0 aromatic carbocycles. The van der Waals surface area contributed by atoms with E-state index in [2.05, 4.69) is 60.2 Å². The van der Waals surface area contributed by atoms with Gasteiger partial charge in [-0.2, -0.15) is 0 Å². The van der Waals surface area contributed by atoms with E-state index >= 15 is 0 Å². The Morgan fingerprint density at radius 1 is 1.54 bits per heavy atom. The van der Waals surface area contributed by atoms with Crippen LogP contribution in [-0.2, 0) is 0 Å². The maximum absolute atomic E-state index is 4.07. The molecule has 2 heteroatoms. The van der Waals surface area contributed by atoms with Crippen LogP contribution in [0.5, 0.6) is 0 Å². The molecule has 1 aliphatic rings. The minimum absolute atomic E-state index is 1.09. The number of rotatable bonds is 3. The topological polar surface area (TPSA) is 3.24 Å². The number of unbranched alkanes of at least 4 members (excludes halogenated alkanes) is 1. The molecule has 0 saturated heterocycles. The van der Waals surface area contributed by atoms with Gasteiger partial charge in [0.1, 0.15) is 0 Å². The summed E-state index contributed by atoms with van der Waals surface area (Å²) in [4.78, 5) is 2.25. The van der Waals surface area contributed by atoms with Crippen molar-refractivity contribution in [1.29, 1.82) is 0 Å². The Morgan fingerprint density at radius 2 is 2.23 bits per heavy atom. The van der Waals surface area contributed by atoms with Crippen LogP contribution in [0.4, 0.5) is 0 Å². The Kier molecular flexibility index (Phi) is 4.03. The molecule has 72 valence electrons. The highest BCUT2D eigenvalue weighted by molar-refractivity contribution is 14.1. The minimum atomic E-state index is 1.09. The Balaban J connectivity index is 2.66. The zero-order valence-electron chi connectivity index (χ0n) is 8.31. The van der Waals surface area contributed by atoms with Gasteiger partial charge in [-0.1, -0.05) is 19.9 Å². The maximum atomic E-state index is 4.07. The van der Waals surface area contributed by atoms with Gasteiger partial charge in [0, 0.05) is 22.0 Å². The van der Waals surface area contributed by atoms with E-state index in [0.717, 1.165) is 12.2 Å². The summed E-state index contributed by atoms with van der Waals surface area (Å²) >= 11 is 2.34. The van der Waals surface area contributed by atoms with Gasteiger partial charge in [-0.25, -0.2) is 0 Å². The lowest BCUT2D eigenvalue weighted by Gasteiger charge is -2.26. The zero-order chi connectivity index (χ0) is 9.84. The summed E-state index contributed by atoms with van der Waals surface area (Å²) in [6.45, 7) is 9.50. The second kappa shape index (κ2) is 4.84. The summed E-state index contributed by atoms with van der Waals surface area (Å²) in [6, 6.07) is 0. The quantitative estimate of drug-likeness (QED) is 0.714. The average Bonchev–Trinajstić information content (AvgIpc) is 2.09. The fourth-order valence-electron chi connectivity index (χ4n) is 1.31. The van der Waals surface area contributed by atoms with E-state index in [0.29, 0.717) is 0 Å². The van der Waals surface area contributed by atoms with Crippen molar-refractivity contribution >= 4 is 22.6 Å². The van der Waals surface area contributed by atoms with Gasteiger partial charge < -0.3 is 4.90 Å². The number of halogens is 1. The van der Waals surface area contributed by atoms with E-state index < -0.39 is 0 Å². The molecule has 0 aromatic heterocycles. The van der Waals surface area contributed by atoms with Gasteiger partial charge in [0.15, 0.2) is 0 Å². The SMILES string of the molecule is C=C1C(I)=CC(C)=CN1CCCC. The van der Waals surface area contributed by atoms with Crippen molar-refractivity contribution in [2.75, 3.05) is 6.54 Å². The maximum Gasteiger partial charge on any atom is 0.0468 e.